The Morgan fingerprint density at radius 1 is 0.312 bits per heavy atom. The van der Waals surface area contributed by atoms with Gasteiger partial charge in [-0.3, -0.25) is 0 Å². The smallest absolute Gasteiger partial charge is 0.141 e. The SMILES string of the molecule is Bc1c(B)c(B)c2c(c1B)c1c(B)c(-c3ccc4c(c3)c3cc(-c5ccccc5)ccc3n4-c3ccc(-c4ccccc4)cc3)c(B)c(B)c1n2-c1ccc2sc3ccccc3c2c1. The van der Waals surface area contributed by atoms with Crippen LogP contribution in [0.1, 0.15) is 0 Å². The van der Waals surface area contributed by atoms with Crippen LogP contribution in [0, 0.1) is 0 Å². The average Bonchev–Trinajstić information content (AvgIpc) is 4.00. The number of benzene rings is 9. The molecule has 0 aliphatic carbocycles. The van der Waals surface area contributed by atoms with Gasteiger partial charge in [0.1, 0.15) is 54.9 Å². The lowest BCUT2D eigenvalue weighted by Crippen LogP contribution is -2.48. The fraction of sp³-hybridized carbons (Fsp3) is 0. The van der Waals surface area contributed by atoms with Crippen molar-refractivity contribution in [3.8, 4) is 44.8 Å². The Labute approximate surface area is 383 Å². The third-order valence-electron chi connectivity index (χ3n) is 14.6. The number of nitrogens with zero attached hydrogens (tertiary/aromatic N) is 2. The van der Waals surface area contributed by atoms with Crippen LogP contribution < -0.4 is 38.2 Å². The van der Waals surface area contributed by atoms with Gasteiger partial charge < -0.3 is 9.13 Å². The van der Waals surface area contributed by atoms with Crippen molar-refractivity contribution in [2.45, 2.75) is 0 Å². The van der Waals surface area contributed by atoms with Gasteiger partial charge in [-0.2, -0.15) is 0 Å². The van der Waals surface area contributed by atoms with Crippen LogP contribution in [0.3, 0.4) is 0 Å². The molecule has 0 fully saturated rings. The quantitative estimate of drug-likeness (QED) is 0.237. The summed E-state index contributed by atoms with van der Waals surface area (Å²) in [6.07, 6.45) is 0. The van der Waals surface area contributed by atoms with E-state index in [4.69, 9.17) is 0 Å². The lowest BCUT2D eigenvalue weighted by atomic mass is 9.64. The lowest BCUT2D eigenvalue weighted by molar-refractivity contribution is 1.18. The molecule has 0 spiro atoms. The predicted octanol–water partition coefficient (Wildman–Crippen LogP) is 3.06. The first-order valence-corrected chi connectivity index (χ1v) is 23.3. The molecular formula is C54H41B7N2S. The second kappa shape index (κ2) is 14.7. The fourth-order valence-corrected chi connectivity index (χ4v) is 12.0. The lowest BCUT2D eigenvalue weighted by Gasteiger charge is -2.19. The monoisotopic (exact) mass is 826 g/mol. The number of fused-ring (bicyclic) bond motifs is 9. The third-order valence-corrected chi connectivity index (χ3v) is 15.8. The van der Waals surface area contributed by atoms with E-state index in [-0.39, 0.29) is 0 Å². The first-order chi connectivity index (χ1) is 31.2. The Bertz CT molecular complexity index is 3910. The number of rotatable bonds is 5. The molecular weight excluding hydrogens is 784 g/mol. The highest BCUT2D eigenvalue weighted by molar-refractivity contribution is 7.25. The van der Waals surface area contributed by atoms with Crippen LogP contribution >= 0.6 is 11.3 Å². The highest BCUT2D eigenvalue weighted by Crippen LogP contribution is 2.40. The maximum Gasteiger partial charge on any atom is 0.141 e. The molecule has 0 saturated heterocycles. The van der Waals surface area contributed by atoms with E-state index in [1.165, 1.54) is 141 Å². The van der Waals surface area contributed by atoms with Crippen molar-refractivity contribution in [3.63, 3.8) is 0 Å². The van der Waals surface area contributed by atoms with Crippen LogP contribution in [-0.4, -0.2) is 64.1 Å². The van der Waals surface area contributed by atoms with Crippen molar-refractivity contribution < 1.29 is 0 Å². The number of aromatic nitrogens is 2. The molecule has 0 amide bonds. The molecule has 12 aromatic rings. The van der Waals surface area contributed by atoms with Crippen molar-refractivity contribution in [1.29, 1.82) is 0 Å². The average molecular weight is 826 g/mol. The van der Waals surface area contributed by atoms with Gasteiger partial charge >= 0.3 is 0 Å². The van der Waals surface area contributed by atoms with Gasteiger partial charge in [0.2, 0.25) is 0 Å². The number of hydrogen-bond donors (Lipinski definition) is 0. The fourth-order valence-electron chi connectivity index (χ4n) is 11.0. The second-order valence-electron chi connectivity index (χ2n) is 17.9. The molecule has 3 heterocycles. The van der Waals surface area contributed by atoms with Gasteiger partial charge in [-0.1, -0.05) is 136 Å². The summed E-state index contributed by atoms with van der Waals surface area (Å²) in [4.78, 5) is 0. The standard InChI is InChI=1S/C54H41B7N2S/c55-46-43(47(56)51(60)53-44(46)45-48(57)49(58)50(59)52(61)54(45)63(53)34-21-24-42-38(27-34)35-13-7-8-14-41(35)64-42)32-18-23-40-37(26-32)36-25-31(29-11-5-2-6-12-29)17-22-39(36)62(40)33-19-15-30(16-20-33)28-9-3-1-4-10-28/h1-27H,55-61H2. The van der Waals surface area contributed by atoms with Gasteiger partial charge in [0.15, 0.2) is 0 Å². The Hall–Kier alpha value is -6.75. The molecule has 64 heavy (non-hydrogen) atoms. The molecule has 0 atom stereocenters. The molecule has 3 aromatic heterocycles. The van der Waals surface area contributed by atoms with Crippen LogP contribution in [0.25, 0.3) is 109 Å². The van der Waals surface area contributed by atoms with E-state index >= 15 is 0 Å². The van der Waals surface area contributed by atoms with Gasteiger partial charge in [0.25, 0.3) is 0 Å². The van der Waals surface area contributed by atoms with E-state index in [0.29, 0.717) is 0 Å². The Kier molecular flexibility index (Phi) is 8.91. The molecule has 0 N–H and O–H groups in total. The molecule has 10 heteroatoms. The minimum absolute atomic E-state index is 1.16. The van der Waals surface area contributed by atoms with Gasteiger partial charge in [0.05, 0.1) is 11.0 Å². The highest BCUT2D eigenvalue weighted by atomic mass is 32.1. The largest absolute Gasteiger partial charge is 0.310 e. The van der Waals surface area contributed by atoms with Crippen molar-refractivity contribution >= 4 is 168 Å². The van der Waals surface area contributed by atoms with Gasteiger partial charge in [-0.25, -0.2) is 0 Å². The summed E-state index contributed by atoms with van der Waals surface area (Å²) in [7, 11) is 16.4. The number of thiophene rings is 1. The Balaban J connectivity index is 1.12. The maximum absolute atomic E-state index is 2.61. The van der Waals surface area contributed by atoms with Crippen molar-refractivity contribution in [3.05, 3.63) is 164 Å². The summed E-state index contributed by atoms with van der Waals surface area (Å²) in [5.41, 5.74) is 24.3. The maximum atomic E-state index is 2.61. The summed E-state index contributed by atoms with van der Waals surface area (Å²) in [5.74, 6) is 0. The van der Waals surface area contributed by atoms with E-state index in [0.717, 1.165) is 5.69 Å². The minimum Gasteiger partial charge on any atom is -0.310 e. The molecule has 9 aromatic carbocycles. The number of hydrogen-bond acceptors (Lipinski definition) is 1. The minimum atomic E-state index is 1.16. The molecule has 0 unspecified atom stereocenters. The summed E-state index contributed by atoms with van der Waals surface area (Å²) in [6.45, 7) is 0. The first kappa shape index (κ1) is 38.9. The zero-order valence-corrected chi connectivity index (χ0v) is 38.2. The predicted molar refractivity (Wildman–Crippen MR) is 302 cm³/mol. The molecule has 0 bridgehead atoms. The van der Waals surface area contributed by atoms with Crippen molar-refractivity contribution in [2.75, 3.05) is 0 Å². The molecule has 294 valence electrons. The van der Waals surface area contributed by atoms with E-state index in [1.807, 2.05) is 11.3 Å². The summed E-state index contributed by atoms with van der Waals surface area (Å²) in [5, 5.41) is 7.89. The van der Waals surface area contributed by atoms with Gasteiger partial charge in [-0.15, -0.1) is 16.8 Å². The molecule has 0 aliphatic rings. The van der Waals surface area contributed by atoms with Crippen LogP contribution in [0.4, 0.5) is 0 Å². The van der Waals surface area contributed by atoms with Crippen molar-refractivity contribution in [2.24, 2.45) is 0 Å². The van der Waals surface area contributed by atoms with Gasteiger partial charge in [-0.05, 0) is 99.4 Å². The van der Waals surface area contributed by atoms with E-state index in [2.05, 4.69) is 228 Å². The van der Waals surface area contributed by atoms with Crippen molar-refractivity contribution in [1.82, 2.24) is 9.13 Å². The summed E-state index contributed by atoms with van der Waals surface area (Å²) in [6, 6.07) is 60.7. The third kappa shape index (κ3) is 5.68. The summed E-state index contributed by atoms with van der Waals surface area (Å²) < 4.78 is 7.72. The molecule has 0 radical (unpaired) electrons. The van der Waals surface area contributed by atoms with E-state index in [1.54, 1.807) is 0 Å². The van der Waals surface area contributed by atoms with Crippen LogP contribution in [0.15, 0.2) is 164 Å². The van der Waals surface area contributed by atoms with Crippen LogP contribution in [-0.2, 0) is 0 Å². The Morgan fingerprint density at radius 3 is 1.50 bits per heavy atom. The molecule has 0 aliphatic heterocycles. The van der Waals surface area contributed by atoms with Crippen LogP contribution in [0.5, 0.6) is 0 Å². The Morgan fingerprint density at radius 2 is 0.812 bits per heavy atom. The molecule has 12 rings (SSSR count). The second-order valence-corrected chi connectivity index (χ2v) is 19.0. The molecule has 2 nitrogen and oxygen atoms in total. The normalized spacial score (nSPS) is 11.9. The van der Waals surface area contributed by atoms with E-state index < -0.39 is 0 Å². The zero-order valence-electron chi connectivity index (χ0n) is 37.4. The highest BCUT2D eigenvalue weighted by Gasteiger charge is 2.26. The first-order valence-electron chi connectivity index (χ1n) is 22.4. The van der Waals surface area contributed by atoms with Gasteiger partial charge in [0, 0.05) is 58.7 Å². The topological polar surface area (TPSA) is 9.86 Å². The van der Waals surface area contributed by atoms with Crippen LogP contribution in [0.2, 0.25) is 0 Å². The molecule has 0 saturated carbocycles. The summed E-state index contributed by atoms with van der Waals surface area (Å²) >= 11 is 1.88. The van der Waals surface area contributed by atoms with E-state index in [9.17, 15) is 0 Å². The zero-order chi connectivity index (χ0) is 43.5.